The summed E-state index contributed by atoms with van der Waals surface area (Å²) in [6.45, 7) is 0. The number of hydrogen-bond acceptors (Lipinski definition) is 7. The van der Waals surface area contributed by atoms with Gasteiger partial charge in [0, 0.05) is 33.0 Å². The lowest BCUT2D eigenvalue weighted by molar-refractivity contribution is -0.125. The summed E-state index contributed by atoms with van der Waals surface area (Å²) in [5.74, 6) is -1.34. The number of allylic oxidation sites excluding steroid dienone is 2. The minimum Gasteiger partial charge on any atom is -0.298 e. The van der Waals surface area contributed by atoms with Crippen molar-refractivity contribution in [1.82, 2.24) is 0 Å². The van der Waals surface area contributed by atoms with Gasteiger partial charge in [0.25, 0.3) is 20.2 Å². The van der Waals surface area contributed by atoms with Gasteiger partial charge < -0.3 is 0 Å². The maximum atomic E-state index is 13.1. The lowest BCUT2D eigenvalue weighted by Gasteiger charge is -2.24. The highest BCUT2D eigenvalue weighted by Crippen LogP contribution is 2.31. The van der Waals surface area contributed by atoms with Crippen molar-refractivity contribution in [2.75, 3.05) is 0 Å². The maximum Gasteiger partial charge on any atom is 0.295 e. The van der Waals surface area contributed by atoms with Crippen molar-refractivity contribution < 1.29 is 30.7 Å². The highest BCUT2D eigenvalue weighted by molar-refractivity contribution is 7.86. The summed E-state index contributed by atoms with van der Waals surface area (Å²) < 4.78 is 66.2. The summed E-state index contributed by atoms with van der Waals surface area (Å²) in [6, 6.07) is 7.44. The molecule has 0 spiro atoms. The van der Waals surface area contributed by atoms with E-state index in [1.165, 1.54) is 48.6 Å². The second kappa shape index (κ2) is 11.4. The minimum absolute atomic E-state index is 0.0112. The van der Waals surface area contributed by atoms with Crippen LogP contribution in [0.25, 0.3) is 33.0 Å². The molecular weight excluding hydrogens is 524 g/mol. The number of rotatable bonds is 8. The van der Waals surface area contributed by atoms with E-state index in [-0.39, 0.29) is 28.3 Å². The molecule has 0 aliphatic heterocycles. The van der Waals surface area contributed by atoms with Crippen molar-refractivity contribution in [3.63, 3.8) is 0 Å². The molecule has 0 amide bonds. The van der Waals surface area contributed by atoms with Crippen molar-refractivity contribution in [3.05, 3.63) is 80.6 Å². The number of benzene rings is 2. The van der Waals surface area contributed by atoms with Gasteiger partial charge in [-0.2, -0.15) is 16.8 Å². The lowest BCUT2D eigenvalue weighted by atomic mass is 9.79. The highest BCUT2D eigenvalue weighted by atomic mass is 32.2. The quantitative estimate of drug-likeness (QED) is 0.180. The van der Waals surface area contributed by atoms with Gasteiger partial charge in [-0.3, -0.25) is 13.9 Å². The van der Waals surface area contributed by atoms with Gasteiger partial charge in [-0.1, -0.05) is 65.2 Å². The van der Waals surface area contributed by atoms with Crippen molar-refractivity contribution in [2.45, 2.75) is 29.1 Å². The van der Waals surface area contributed by atoms with Crippen LogP contribution in [0.5, 0.6) is 0 Å². The van der Waals surface area contributed by atoms with E-state index >= 15 is 0 Å². The average molecular weight is 545 g/mol. The Morgan fingerprint density at radius 3 is 1.54 bits per heavy atom. The number of carbonyl (C=O) groups excluding carboxylic acids is 1. The Bertz CT molecular complexity index is 1490. The van der Waals surface area contributed by atoms with E-state index < -0.39 is 41.9 Å². The monoisotopic (exact) mass is 544 g/mol. The minimum atomic E-state index is -4.64. The smallest absolute Gasteiger partial charge is 0.295 e. The first kappa shape index (κ1) is 27.6. The predicted octanol–water partition coefficient (Wildman–Crippen LogP) is 5.78. The van der Waals surface area contributed by atoms with Crippen LogP contribution in [0.3, 0.4) is 0 Å². The molecule has 3 rings (SSSR count). The summed E-state index contributed by atoms with van der Waals surface area (Å²) in [4.78, 5) is 17.3. The zero-order chi connectivity index (χ0) is 27.2. The van der Waals surface area contributed by atoms with Crippen LogP contribution in [0.4, 0.5) is 11.4 Å². The maximum absolute atomic E-state index is 13.1. The largest absolute Gasteiger partial charge is 0.298 e. The number of azide groups is 2. The molecule has 2 unspecified atom stereocenters. The van der Waals surface area contributed by atoms with E-state index in [4.69, 9.17) is 11.1 Å². The van der Waals surface area contributed by atoms with Gasteiger partial charge in [-0.05, 0) is 47.2 Å². The summed E-state index contributed by atoms with van der Waals surface area (Å²) in [6.07, 6.45) is 7.47. The van der Waals surface area contributed by atoms with Gasteiger partial charge in [0.1, 0.15) is 15.6 Å². The second-order valence-corrected chi connectivity index (χ2v) is 10.8. The number of Topliss-reactive ketones (excluding diaryl/α,β-unsaturated/α-hetero) is 1. The molecule has 0 bridgehead atoms. The van der Waals surface area contributed by atoms with Gasteiger partial charge in [0.05, 0.1) is 0 Å². The predicted molar refractivity (Wildman–Crippen MR) is 134 cm³/mol. The van der Waals surface area contributed by atoms with Crippen molar-refractivity contribution >= 4 is 49.5 Å². The van der Waals surface area contributed by atoms with Crippen molar-refractivity contribution in [3.8, 4) is 0 Å². The Morgan fingerprint density at radius 1 is 0.784 bits per heavy atom. The third-order valence-electron chi connectivity index (χ3n) is 5.65. The second-order valence-electron chi connectivity index (χ2n) is 8.04. The van der Waals surface area contributed by atoms with Crippen molar-refractivity contribution in [1.29, 1.82) is 0 Å². The molecule has 2 aromatic carbocycles. The van der Waals surface area contributed by atoms with Crippen LogP contribution in [-0.4, -0.2) is 31.7 Å². The summed E-state index contributed by atoms with van der Waals surface area (Å²) in [5, 5.41) is 6.64. The molecule has 1 aliphatic rings. The molecule has 37 heavy (non-hydrogen) atoms. The Morgan fingerprint density at radius 2 is 1.19 bits per heavy atom. The normalized spacial score (nSPS) is 18.5. The van der Waals surface area contributed by atoms with E-state index in [0.717, 1.165) is 12.1 Å². The van der Waals surface area contributed by atoms with Crippen LogP contribution in [0.1, 0.15) is 30.4 Å². The number of hydrogen-bond donors (Lipinski definition) is 2. The first-order valence-electron chi connectivity index (χ1n) is 10.7. The Labute approximate surface area is 211 Å². The van der Waals surface area contributed by atoms with E-state index in [2.05, 4.69) is 20.1 Å². The van der Waals surface area contributed by atoms with Crippen LogP contribution in [0, 0.1) is 11.8 Å². The summed E-state index contributed by atoms with van der Waals surface area (Å²) in [7, 11) is -9.28. The zero-order valence-electron chi connectivity index (χ0n) is 19.0. The average Bonchev–Trinajstić information content (AvgIpc) is 2.83. The fourth-order valence-electron chi connectivity index (χ4n) is 3.93. The Hall–Kier alpha value is -3.97. The van der Waals surface area contributed by atoms with Gasteiger partial charge in [-0.25, -0.2) is 0 Å². The van der Waals surface area contributed by atoms with Crippen LogP contribution < -0.4 is 0 Å². The molecule has 2 aromatic rings. The van der Waals surface area contributed by atoms with Crippen LogP contribution in [-0.2, 0) is 25.0 Å². The topological polar surface area (TPSA) is 223 Å². The van der Waals surface area contributed by atoms with Crippen molar-refractivity contribution in [2.24, 2.45) is 22.1 Å². The standard InChI is InChI=1S/C22H20N6O7S2/c23-27-25-18-10-8-14(20(12-18)36(30,31)32)4-6-16-2-1-3-17(22(16)29)7-5-15-9-11-19(26-28-24)13-21(15)37(33,34)35/h4-13,16-17H,1-3H2,(H,30,31,32)(H,33,34,35). The molecule has 0 heterocycles. The molecule has 0 aromatic heterocycles. The van der Waals surface area contributed by atoms with Gasteiger partial charge >= 0.3 is 0 Å². The molecule has 0 saturated heterocycles. The molecule has 1 aliphatic carbocycles. The van der Waals surface area contributed by atoms with Gasteiger partial charge in [-0.15, -0.1) is 0 Å². The van der Waals surface area contributed by atoms with E-state index in [9.17, 15) is 30.7 Å². The SMILES string of the molecule is [N-]=[N+]=Nc1ccc(C=CC2CCCC(C=Cc3ccc(N=[N+]=[N-])cc3S(=O)(=O)O)C2=O)c(S(=O)(=O)O)c1. The number of ketones is 1. The van der Waals surface area contributed by atoms with Crippen LogP contribution in [0.2, 0.25) is 0 Å². The summed E-state index contributed by atoms with van der Waals surface area (Å²) >= 11 is 0. The van der Waals surface area contributed by atoms with Crippen LogP contribution in [0.15, 0.2) is 68.6 Å². The molecule has 1 saturated carbocycles. The van der Waals surface area contributed by atoms with Gasteiger partial charge in [0.2, 0.25) is 0 Å². The molecule has 15 heteroatoms. The molecule has 192 valence electrons. The first-order chi connectivity index (χ1) is 17.4. The van der Waals surface area contributed by atoms with E-state index in [1.807, 2.05) is 0 Å². The van der Waals surface area contributed by atoms with E-state index in [1.54, 1.807) is 0 Å². The molecule has 0 radical (unpaired) electrons. The molecule has 2 atom stereocenters. The molecule has 1 fully saturated rings. The third kappa shape index (κ3) is 7.05. The molecule has 2 N–H and O–H groups in total. The fourth-order valence-corrected chi connectivity index (χ4v) is 5.34. The highest BCUT2D eigenvalue weighted by Gasteiger charge is 2.28. The summed E-state index contributed by atoms with van der Waals surface area (Å²) in [5.41, 5.74) is 17.3. The molecular formula is C22H20N6O7S2. The Kier molecular flexibility index (Phi) is 8.50. The Balaban J connectivity index is 1.87. The van der Waals surface area contributed by atoms with Gasteiger partial charge in [0.15, 0.2) is 0 Å². The van der Waals surface area contributed by atoms with Crippen LogP contribution >= 0.6 is 0 Å². The van der Waals surface area contributed by atoms with E-state index in [0.29, 0.717) is 19.3 Å². The number of carbonyl (C=O) groups is 1. The first-order valence-corrected chi connectivity index (χ1v) is 13.6. The number of nitrogens with zero attached hydrogens (tertiary/aromatic N) is 6. The lowest BCUT2D eigenvalue weighted by Crippen LogP contribution is -2.25. The molecule has 13 nitrogen and oxygen atoms in total. The third-order valence-corrected chi connectivity index (χ3v) is 7.47. The fraction of sp³-hybridized carbons (Fsp3) is 0.227. The zero-order valence-corrected chi connectivity index (χ0v) is 20.6.